The van der Waals surface area contributed by atoms with Crippen molar-refractivity contribution in [1.29, 1.82) is 0 Å². The summed E-state index contributed by atoms with van der Waals surface area (Å²) in [4.78, 5) is 11.2. The van der Waals surface area contributed by atoms with Gasteiger partial charge in [-0.15, -0.1) is 12.4 Å². The lowest BCUT2D eigenvalue weighted by atomic mass is 10.1. The van der Waals surface area contributed by atoms with E-state index in [2.05, 4.69) is 4.74 Å². The molecule has 1 unspecified atom stereocenters. The predicted octanol–water partition coefficient (Wildman–Crippen LogP) is 1.78. The summed E-state index contributed by atoms with van der Waals surface area (Å²) < 4.78 is 4.63. The summed E-state index contributed by atoms with van der Waals surface area (Å²) >= 11 is 0. The van der Waals surface area contributed by atoms with Gasteiger partial charge in [0.1, 0.15) is 0 Å². The molecule has 1 aromatic rings. The molecule has 4 heteroatoms. The summed E-state index contributed by atoms with van der Waals surface area (Å²) in [5.41, 5.74) is 7.30. The lowest BCUT2D eigenvalue weighted by Crippen LogP contribution is -2.18. The van der Waals surface area contributed by atoms with Crippen molar-refractivity contribution in [3.05, 3.63) is 35.4 Å². The van der Waals surface area contributed by atoms with E-state index >= 15 is 0 Å². The Labute approximate surface area is 96.0 Å². The van der Waals surface area contributed by atoms with Gasteiger partial charge in [-0.05, 0) is 31.0 Å². The fourth-order valence-electron chi connectivity index (χ4n) is 1.31. The van der Waals surface area contributed by atoms with E-state index in [1.165, 1.54) is 7.11 Å². The third-order valence-electron chi connectivity index (χ3n) is 1.91. The van der Waals surface area contributed by atoms with Gasteiger partial charge in [-0.3, -0.25) is 0 Å². The minimum Gasteiger partial charge on any atom is -0.465 e. The van der Waals surface area contributed by atoms with E-state index < -0.39 is 0 Å². The standard InChI is InChI=1S/C11H15NO2.ClH/c1-8(12)6-9-4-3-5-10(7-9)11(13)14-2;/h3-5,7-8H,6,12H2,1-2H3;1H. The van der Waals surface area contributed by atoms with Crippen LogP contribution >= 0.6 is 12.4 Å². The SMILES string of the molecule is COC(=O)c1cccc(CC(C)N)c1.Cl. The van der Waals surface area contributed by atoms with E-state index in [4.69, 9.17) is 5.73 Å². The lowest BCUT2D eigenvalue weighted by molar-refractivity contribution is 0.0600. The second-order valence-corrected chi connectivity index (χ2v) is 3.37. The number of benzene rings is 1. The number of hydrogen-bond acceptors (Lipinski definition) is 3. The van der Waals surface area contributed by atoms with Gasteiger partial charge in [0.25, 0.3) is 0 Å². The maximum absolute atomic E-state index is 11.2. The molecule has 0 aliphatic heterocycles. The summed E-state index contributed by atoms with van der Waals surface area (Å²) in [6.45, 7) is 1.94. The third-order valence-corrected chi connectivity index (χ3v) is 1.91. The van der Waals surface area contributed by atoms with Crippen molar-refractivity contribution in [2.75, 3.05) is 7.11 Å². The Morgan fingerprint density at radius 3 is 2.73 bits per heavy atom. The quantitative estimate of drug-likeness (QED) is 0.804. The molecule has 0 bridgehead atoms. The summed E-state index contributed by atoms with van der Waals surface area (Å²) in [6, 6.07) is 7.44. The first kappa shape index (κ1) is 13.9. The highest BCUT2D eigenvalue weighted by molar-refractivity contribution is 5.89. The predicted molar refractivity (Wildman–Crippen MR) is 62.4 cm³/mol. The van der Waals surface area contributed by atoms with E-state index in [1.807, 2.05) is 25.1 Å². The van der Waals surface area contributed by atoms with Gasteiger partial charge in [-0.1, -0.05) is 12.1 Å². The van der Waals surface area contributed by atoms with Crippen LogP contribution in [0.2, 0.25) is 0 Å². The number of carbonyl (C=O) groups is 1. The van der Waals surface area contributed by atoms with Crippen molar-refractivity contribution in [3.8, 4) is 0 Å². The summed E-state index contributed by atoms with van der Waals surface area (Å²) in [6.07, 6.45) is 0.769. The van der Waals surface area contributed by atoms with Crippen molar-refractivity contribution in [1.82, 2.24) is 0 Å². The van der Waals surface area contributed by atoms with E-state index in [-0.39, 0.29) is 24.4 Å². The molecule has 1 rings (SSSR count). The Morgan fingerprint density at radius 2 is 2.20 bits per heavy atom. The molecule has 1 aromatic carbocycles. The largest absolute Gasteiger partial charge is 0.465 e. The normalized spacial score (nSPS) is 11.4. The number of methoxy groups -OCH3 is 1. The molecule has 0 saturated carbocycles. The highest BCUT2D eigenvalue weighted by Gasteiger charge is 2.06. The average molecular weight is 230 g/mol. The van der Waals surface area contributed by atoms with E-state index in [1.54, 1.807) is 6.07 Å². The number of carbonyl (C=O) groups excluding carboxylic acids is 1. The molecule has 0 amide bonds. The topological polar surface area (TPSA) is 52.3 Å². The highest BCUT2D eigenvalue weighted by atomic mass is 35.5. The zero-order chi connectivity index (χ0) is 10.6. The Bertz CT molecular complexity index is 326. The van der Waals surface area contributed by atoms with Crippen LogP contribution in [0.25, 0.3) is 0 Å². The highest BCUT2D eigenvalue weighted by Crippen LogP contribution is 2.08. The fourth-order valence-corrected chi connectivity index (χ4v) is 1.31. The van der Waals surface area contributed by atoms with Gasteiger partial charge >= 0.3 is 5.97 Å². The number of ether oxygens (including phenoxy) is 1. The molecule has 0 saturated heterocycles. The molecule has 15 heavy (non-hydrogen) atoms. The molecular formula is C11H16ClNO2. The van der Waals surface area contributed by atoms with Crippen molar-refractivity contribution in [3.63, 3.8) is 0 Å². The van der Waals surface area contributed by atoms with Crippen LogP contribution in [0.4, 0.5) is 0 Å². The van der Waals surface area contributed by atoms with Gasteiger partial charge in [0.05, 0.1) is 12.7 Å². The first-order valence-electron chi connectivity index (χ1n) is 4.56. The number of esters is 1. The Balaban J connectivity index is 0.00000196. The zero-order valence-corrected chi connectivity index (χ0v) is 9.71. The Morgan fingerprint density at radius 1 is 1.53 bits per heavy atom. The van der Waals surface area contributed by atoms with Crippen LogP contribution in [0.5, 0.6) is 0 Å². The smallest absolute Gasteiger partial charge is 0.337 e. The summed E-state index contributed by atoms with van der Waals surface area (Å²) in [5.74, 6) is -0.309. The molecule has 0 aromatic heterocycles. The minimum atomic E-state index is -0.309. The first-order chi connectivity index (χ1) is 6.63. The van der Waals surface area contributed by atoms with E-state index in [9.17, 15) is 4.79 Å². The number of nitrogens with two attached hydrogens (primary N) is 1. The van der Waals surface area contributed by atoms with Crippen LogP contribution < -0.4 is 5.73 Å². The van der Waals surface area contributed by atoms with Gasteiger partial charge in [-0.25, -0.2) is 4.79 Å². The van der Waals surface area contributed by atoms with Crippen LogP contribution in [0.3, 0.4) is 0 Å². The molecule has 84 valence electrons. The molecule has 1 atom stereocenters. The molecule has 3 nitrogen and oxygen atoms in total. The average Bonchev–Trinajstić information content (AvgIpc) is 2.16. The molecule has 0 aliphatic carbocycles. The minimum absolute atomic E-state index is 0. The Hall–Kier alpha value is -1.06. The van der Waals surface area contributed by atoms with Gasteiger partial charge in [0, 0.05) is 6.04 Å². The van der Waals surface area contributed by atoms with E-state index in [0.717, 1.165) is 12.0 Å². The van der Waals surface area contributed by atoms with Gasteiger partial charge in [-0.2, -0.15) is 0 Å². The van der Waals surface area contributed by atoms with Gasteiger partial charge < -0.3 is 10.5 Å². The van der Waals surface area contributed by atoms with Crippen LogP contribution in [-0.2, 0) is 11.2 Å². The zero-order valence-electron chi connectivity index (χ0n) is 8.90. The maximum atomic E-state index is 11.2. The molecule has 0 heterocycles. The Kier molecular flexibility index (Phi) is 5.97. The molecule has 0 radical (unpaired) electrons. The van der Waals surface area contributed by atoms with Crippen LogP contribution in [0.15, 0.2) is 24.3 Å². The maximum Gasteiger partial charge on any atom is 0.337 e. The number of rotatable bonds is 3. The second-order valence-electron chi connectivity index (χ2n) is 3.37. The monoisotopic (exact) mass is 229 g/mol. The van der Waals surface area contributed by atoms with Crippen LogP contribution in [0.1, 0.15) is 22.8 Å². The number of halogens is 1. The van der Waals surface area contributed by atoms with Crippen LogP contribution in [0, 0.1) is 0 Å². The second kappa shape index (κ2) is 6.43. The van der Waals surface area contributed by atoms with Gasteiger partial charge in [0.2, 0.25) is 0 Å². The molecule has 0 aliphatic rings. The fraction of sp³-hybridized carbons (Fsp3) is 0.364. The van der Waals surface area contributed by atoms with Gasteiger partial charge in [0.15, 0.2) is 0 Å². The molecule has 2 N–H and O–H groups in total. The molecule has 0 spiro atoms. The molecular weight excluding hydrogens is 214 g/mol. The summed E-state index contributed by atoms with van der Waals surface area (Å²) in [7, 11) is 1.38. The van der Waals surface area contributed by atoms with Crippen molar-refractivity contribution in [2.24, 2.45) is 5.73 Å². The van der Waals surface area contributed by atoms with Crippen molar-refractivity contribution >= 4 is 18.4 Å². The molecule has 0 fully saturated rings. The first-order valence-corrected chi connectivity index (χ1v) is 4.56. The van der Waals surface area contributed by atoms with E-state index in [0.29, 0.717) is 5.56 Å². The van der Waals surface area contributed by atoms with Crippen LogP contribution in [-0.4, -0.2) is 19.1 Å². The third kappa shape index (κ3) is 4.32. The number of hydrogen-bond donors (Lipinski definition) is 1. The van der Waals surface area contributed by atoms with Crippen molar-refractivity contribution in [2.45, 2.75) is 19.4 Å². The lowest BCUT2D eigenvalue weighted by Gasteiger charge is -2.06. The summed E-state index contributed by atoms with van der Waals surface area (Å²) in [5, 5.41) is 0. The van der Waals surface area contributed by atoms with Crippen molar-refractivity contribution < 1.29 is 9.53 Å².